The van der Waals surface area contributed by atoms with Crippen molar-refractivity contribution in [3.63, 3.8) is 0 Å². The topological polar surface area (TPSA) is 97.4 Å². The first kappa shape index (κ1) is 24.9. The number of carbonyl (C=O) groups excluding carboxylic acids is 3. The molecule has 5 rings (SSSR count). The second-order valence-electron chi connectivity index (χ2n) is 8.71. The van der Waals surface area contributed by atoms with Crippen LogP contribution < -0.4 is 11.1 Å². The number of nitrogens with two attached hydrogens (primary N) is 1. The van der Waals surface area contributed by atoms with Crippen molar-refractivity contribution < 1.29 is 23.2 Å². The molecular weight excluding hydrogens is 522 g/mol. The maximum absolute atomic E-state index is 15.3. The molecule has 37 heavy (non-hydrogen) atoms. The van der Waals surface area contributed by atoms with E-state index in [9.17, 15) is 18.8 Å². The van der Waals surface area contributed by atoms with Crippen LogP contribution in [0.15, 0.2) is 60.1 Å². The first-order valence-electron chi connectivity index (χ1n) is 11.4. The minimum atomic E-state index is -1.41. The monoisotopic (exact) mass is 542 g/mol. The molecule has 1 saturated heterocycles. The van der Waals surface area contributed by atoms with Gasteiger partial charge < -0.3 is 20.5 Å². The van der Waals surface area contributed by atoms with Gasteiger partial charge in [0.05, 0.1) is 17.8 Å². The quantitative estimate of drug-likeness (QED) is 0.365. The molecule has 4 aromatic rings. The third-order valence-corrected chi connectivity index (χ3v) is 7.62. The van der Waals surface area contributed by atoms with E-state index in [0.29, 0.717) is 20.8 Å². The molecule has 1 aliphatic heterocycles. The number of halogens is 3. The molecule has 1 aliphatic rings. The van der Waals surface area contributed by atoms with Crippen molar-refractivity contribution in [1.29, 1.82) is 0 Å². The van der Waals surface area contributed by atoms with Gasteiger partial charge in [-0.2, -0.15) is 0 Å². The number of carbonyl (C=O) groups is 3. The average Bonchev–Trinajstić information content (AvgIpc) is 3.57. The van der Waals surface area contributed by atoms with E-state index in [1.54, 1.807) is 46.3 Å². The Balaban J connectivity index is 1.37. The fourth-order valence-electron chi connectivity index (χ4n) is 4.60. The molecule has 1 fully saturated rings. The maximum Gasteiger partial charge on any atom is 0.250 e. The number of hydrogen-bond donors (Lipinski definition) is 2. The smallest absolute Gasteiger partial charge is 0.250 e. The van der Waals surface area contributed by atoms with Crippen LogP contribution in [0.4, 0.5) is 14.5 Å². The van der Waals surface area contributed by atoms with Gasteiger partial charge in [0.1, 0.15) is 23.6 Å². The Labute approximate surface area is 219 Å². The van der Waals surface area contributed by atoms with Crippen molar-refractivity contribution in [3.05, 3.63) is 76.5 Å². The molecule has 0 saturated carbocycles. The zero-order valence-electron chi connectivity index (χ0n) is 19.3. The summed E-state index contributed by atoms with van der Waals surface area (Å²) in [5.74, 6) is -2.52. The highest BCUT2D eigenvalue weighted by molar-refractivity contribution is 7.16. The van der Waals surface area contributed by atoms with Gasteiger partial charge in [-0.3, -0.25) is 14.4 Å². The van der Waals surface area contributed by atoms with Crippen LogP contribution in [0.2, 0.25) is 5.02 Å². The Kier molecular flexibility index (Phi) is 6.70. The summed E-state index contributed by atoms with van der Waals surface area (Å²) in [5, 5.41) is 5.26. The first-order chi connectivity index (χ1) is 17.7. The predicted molar refractivity (Wildman–Crippen MR) is 139 cm³/mol. The Morgan fingerprint density at radius 2 is 1.86 bits per heavy atom. The molecule has 0 aliphatic carbocycles. The molecule has 2 atom stereocenters. The Morgan fingerprint density at radius 1 is 1.11 bits per heavy atom. The largest absolute Gasteiger partial charge is 0.366 e. The van der Waals surface area contributed by atoms with E-state index in [2.05, 4.69) is 5.32 Å². The van der Waals surface area contributed by atoms with Gasteiger partial charge in [0.25, 0.3) is 5.91 Å². The van der Waals surface area contributed by atoms with Crippen molar-refractivity contribution in [3.8, 4) is 11.1 Å². The number of nitrogens with one attached hydrogen (secondary N) is 1. The Morgan fingerprint density at radius 3 is 2.62 bits per heavy atom. The SMILES string of the molecule is NC(=O)c1cn(CC(=O)N2CC(F)CC2C(=O)Nc2cccc(-c3ccccc3Cl)c2F)c2sccc12. The van der Waals surface area contributed by atoms with Gasteiger partial charge in [0.15, 0.2) is 5.82 Å². The average molecular weight is 543 g/mol. The van der Waals surface area contributed by atoms with Gasteiger partial charge in [-0.1, -0.05) is 41.9 Å². The third-order valence-electron chi connectivity index (χ3n) is 6.35. The summed E-state index contributed by atoms with van der Waals surface area (Å²) in [4.78, 5) is 39.9. The maximum atomic E-state index is 15.3. The standard InChI is InChI=1S/C26H21ClF2N4O3S/c27-19-6-2-1-4-15(19)16-5-3-7-20(23(16)29)31-25(36)21-10-14(28)11-33(21)22(34)13-32-12-18(24(30)35)17-8-9-37-26(17)32/h1-9,12,14,21H,10-11,13H2,(H2,30,35)(H,31,36). The van der Waals surface area contributed by atoms with Gasteiger partial charge in [-0.05, 0) is 23.6 Å². The fraction of sp³-hybridized carbons (Fsp3) is 0.192. The molecule has 3 N–H and O–H groups in total. The van der Waals surface area contributed by atoms with Gasteiger partial charge in [-0.25, -0.2) is 8.78 Å². The number of amides is 3. The van der Waals surface area contributed by atoms with Crippen molar-refractivity contribution in [1.82, 2.24) is 9.47 Å². The number of nitrogens with zero attached hydrogens (tertiary/aromatic N) is 2. The van der Waals surface area contributed by atoms with Crippen molar-refractivity contribution in [2.45, 2.75) is 25.2 Å². The minimum Gasteiger partial charge on any atom is -0.366 e. The number of primary amides is 1. The lowest BCUT2D eigenvalue weighted by Gasteiger charge is -2.24. The molecule has 3 heterocycles. The summed E-state index contributed by atoms with van der Waals surface area (Å²) in [6.07, 6.45) is -0.142. The number of thiophene rings is 1. The number of benzene rings is 2. The number of anilines is 1. The molecule has 0 radical (unpaired) electrons. The van der Waals surface area contributed by atoms with Crippen LogP contribution in [-0.4, -0.2) is 45.9 Å². The number of fused-ring (bicyclic) bond motifs is 1. The fourth-order valence-corrected chi connectivity index (χ4v) is 5.73. The summed E-state index contributed by atoms with van der Waals surface area (Å²) in [7, 11) is 0. The number of hydrogen-bond acceptors (Lipinski definition) is 4. The van der Waals surface area contributed by atoms with Gasteiger partial charge >= 0.3 is 0 Å². The highest BCUT2D eigenvalue weighted by atomic mass is 35.5. The third kappa shape index (κ3) is 4.70. The molecule has 2 aromatic carbocycles. The van der Waals surface area contributed by atoms with E-state index < -0.39 is 35.8 Å². The van der Waals surface area contributed by atoms with E-state index in [1.807, 2.05) is 0 Å². The predicted octanol–water partition coefficient (Wildman–Crippen LogP) is 4.84. The van der Waals surface area contributed by atoms with Crippen molar-refractivity contribution >= 4 is 56.6 Å². The van der Waals surface area contributed by atoms with Crippen molar-refractivity contribution in [2.24, 2.45) is 5.73 Å². The van der Waals surface area contributed by atoms with Crippen LogP contribution in [0, 0.1) is 5.82 Å². The second-order valence-corrected chi connectivity index (χ2v) is 10.0. The van der Waals surface area contributed by atoms with Crippen LogP contribution in [0.25, 0.3) is 21.3 Å². The number of aromatic nitrogens is 1. The molecule has 2 aromatic heterocycles. The normalized spacial score (nSPS) is 17.3. The number of rotatable bonds is 6. The van der Waals surface area contributed by atoms with E-state index >= 15 is 4.39 Å². The minimum absolute atomic E-state index is 0.103. The van der Waals surface area contributed by atoms with Crippen LogP contribution in [-0.2, 0) is 16.1 Å². The van der Waals surface area contributed by atoms with Gasteiger partial charge in [0.2, 0.25) is 11.8 Å². The molecule has 0 bridgehead atoms. The van der Waals surface area contributed by atoms with Gasteiger partial charge in [0, 0.05) is 34.2 Å². The van der Waals surface area contributed by atoms with E-state index in [0.717, 1.165) is 4.90 Å². The number of likely N-dealkylation sites (tertiary alicyclic amines) is 1. The van der Waals surface area contributed by atoms with Crippen LogP contribution >= 0.6 is 22.9 Å². The lowest BCUT2D eigenvalue weighted by Crippen LogP contribution is -2.44. The summed E-state index contributed by atoms with van der Waals surface area (Å²) < 4.78 is 31.3. The molecular formula is C26H21ClF2N4O3S. The van der Waals surface area contributed by atoms with Crippen molar-refractivity contribution in [2.75, 3.05) is 11.9 Å². The van der Waals surface area contributed by atoms with Crippen LogP contribution in [0.5, 0.6) is 0 Å². The van der Waals surface area contributed by atoms with Crippen LogP contribution in [0.1, 0.15) is 16.8 Å². The molecule has 11 heteroatoms. The lowest BCUT2D eigenvalue weighted by molar-refractivity contribution is -0.137. The highest BCUT2D eigenvalue weighted by Gasteiger charge is 2.40. The summed E-state index contributed by atoms with van der Waals surface area (Å²) in [6, 6.07) is 11.8. The van der Waals surface area contributed by atoms with Crippen LogP contribution in [0.3, 0.4) is 0 Å². The lowest BCUT2D eigenvalue weighted by atomic mass is 10.0. The van der Waals surface area contributed by atoms with E-state index in [4.69, 9.17) is 17.3 Å². The van der Waals surface area contributed by atoms with E-state index in [-0.39, 0.29) is 36.3 Å². The molecule has 2 unspecified atom stereocenters. The highest BCUT2D eigenvalue weighted by Crippen LogP contribution is 2.33. The molecule has 7 nitrogen and oxygen atoms in total. The summed E-state index contributed by atoms with van der Waals surface area (Å²) in [6.45, 7) is -0.478. The Bertz CT molecular complexity index is 1540. The molecule has 3 amide bonds. The zero-order chi connectivity index (χ0) is 26.3. The summed E-state index contributed by atoms with van der Waals surface area (Å²) in [5.41, 5.74) is 6.27. The van der Waals surface area contributed by atoms with Gasteiger partial charge in [-0.15, -0.1) is 11.3 Å². The summed E-state index contributed by atoms with van der Waals surface area (Å²) >= 11 is 7.54. The second kappa shape index (κ2) is 9.95. The zero-order valence-corrected chi connectivity index (χ0v) is 20.9. The molecule has 190 valence electrons. The van der Waals surface area contributed by atoms with E-state index in [1.165, 1.54) is 29.7 Å². The Hall–Kier alpha value is -3.76. The number of alkyl halides is 1. The molecule has 0 spiro atoms. The first-order valence-corrected chi connectivity index (χ1v) is 12.6.